The summed E-state index contributed by atoms with van der Waals surface area (Å²) in [7, 11) is 0. The second-order valence-electron chi connectivity index (χ2n) is 9.27. The molecule has 14 heteroatoms. The van der Waals surface area contributed by atoms with Gasteiger partial charge < -0.3 is 20.5 Å². The Kier molecular flexibility index (Phi) is 7.41. The molecule has 2 aromatic heterocycles. The average molecular weight is 571 g/mol. The van der Waals surface area contributed by atoms with Crippen LogP contribution in [0.4, 0.5) is 17.6 Å². The van der Waals surface area contributed by atoms with Crippen LogP contribution in [0.3, 0.4) is 0 Å². The predicted molar refractivity (Wildman–Crippen MR) is 134 cm³/mol. The number of Topliss-reactive ketones (excluding diaryl/α,β-unsaturated/α-hetero) is 1. The molecule has 1 aliphatic carbocycles. The fraction of sp³-hybridized carbons (Fsp3) is 0.222. The van der Waals surface area contributed by atoms with E-state index in [1.54, 1.807) is 18.2 Å². The fourth-order valence-corrected chi connectivity index (χ4v) is 4.58. The van der Waals surface area contributed by atoms with Crippen LogP contribution in [0.5, 0.6) is 5.75 Å². The zero-order valence-electron chi connectivity index (χ0n) is 21.2. The Hall–Kier alpha value is -4.85. The number of nitrogens with zero attached hydrogens (tertiary/aromatic N) is 3. The molecule has 2 amide bonds. The van der Waals surface area contributed by atoms with Crippen LogP contribution >= 0.6 is 0 Å². The molecule has 0 saturated carbocycles. The van der Waals surface area contributed by atoms with Crippen LogP contribution in [0.2, 0.25) is 0 Å². The highest BCUT2D eigenvalue weighted by molar-refractivity contribution is 5.98. The van der Waals surface area contributed by atoms with Crippen LogP contribution in [-0.2, 0) is 13.0 Å². The molecule has 0 fully saturated rings. The lowest BCUT2D eigenvalue weighted by atomic mass is 10.0. The molecule has 0 saturated heterocycles. The highest BCUT2D eigenvalue weighted by Crippen LogP contribution is 2.32. The van der Waals surface area contributed by atoms with Gasteiger partial charge in [-0.25, -0.2) is 18.3 Å². The predicted octanol–water partition coefficient (Wildman–Crippen LogP) is 3.13. The van der Waals surface area contributed by atoms with Gasteiger partial charge in [0.25, 0.3) is 11.8 Å². The topological polar surface area (TPSA) is 135 Å². The molecule has 0 bridgehead atoms. The number of ketones is 1. The van der Waals surface area contributed by atoms with Gasteiger partial charge in [0.15, 0.2) is 28.8 Å². The van der Waals surface area contributed by atoms with Crippen molar-refractivity contribution in [3.8, 4) is 5.75 Å². The number of alkyl halides is 2. The first-order chi connectivity index (χ1) is 19.5. The first kappa shape index (κ1) is 27.7. The largest absolute Gasteiger partial charge is 0.432 e. The van der Waals surface area contributed by atoms with Crippen LogP contribution in [0.1, 0.15) is 61.0 Å². The first-order valence-corrected chi connectivity index (χ1v) is 12.2. The Morgan fingerprint density at radius 3 is 2.61 bits per heavy atom. The summed E-state index contributed by atoms with van der Waals surface area (Å²) < 4.78 is 58.2. The number of halogens is 4. The molecule has 0 spiro atoms. The lowest BCUT2D eigenvalue weighted by molar-refractivity contribution is -0.0522. The van der Waals surface area contributed by atoms with Gasteiger partial charge in [0.2, 0.25) is 0 Å². The number of rotatable bonds is 8. The van der Waals surface area contributed by atoms with E-state index in [0.29, 0.717) is 16.7 Å². The molecule has 10 nitrogen and oxygen atoms in total. The fourth-order valence-electron chi connectivity index (χ4n) is 4.58. The van der Waals surface area contributed by atoms with E-state index in [0.717, 1.165) is 28.9 Å². The number of aromatic nitrogens is 3. The summed E-state index contributed by atoms with van der Waals surface area (Å²) in [6, 6.07) is 8.19. The lowest BCUT2D eigenvalue weighted by Crippen LogP contribution is -2.35. The molecule has 5 rings (SSSR count). The molecule has 2 atom stereocenters. The summed E-state index contributed by atoms with van der Waals surface area (Å²) in [5, 5.41) is 19.6. The number of carbonyl (C=O) groups excluding carboxylic acids is 3. The number of ether oxygens (including phenoxy) is 1. The van der Waals surface area contributed by atoms with Crippen LogP contribution in [0.15, 0.2) is 48.7 Å². The summed E-state index contributed by atoms with van der Waals surface area (Å²) in [4.78, 5) is 41.9. The first-order valence-electron chi connectivity index (χ1n) is 12.2. The van der Waals surface area contributed by atoms with Crippen LogP contribution in [0.25, 0.3) is 5.65 Å². The highest BCUT2D eigenvalue weighted by Gasteiger charge is 2.34. The van der Waals surface area contributed by atoms with E-state index in [1.807, 2.05) is 0 Å². The van der Waals surface area contributed by atoms with Gasteiger partial charge in [0.1, 0.15) is 11.4 Å². The lowest BCUT2D eigenvalue weighted by Gasteiger charge is -2.18. The van der Waals surface area contributed by atoms with Crippen molar-refractivity contribution in [2.75, 3.05) is 0 Å². The van der Waals surface area contributed by atoms with Gasteiger partial charge in [0.05, 0.1) is 18.3 Å². The Labute approximate surface area is 229 Å². The molecule has 0 unspecified atom stereocenters. The number of hydrogen-bond acceptors (Lipinski definition) is 7. The quantitative estimate of drug-likeness (QED) is 0.219. The van der Waals surface area contributed by atoms with Crippen molar-refractivity contribution < 1.29 is 41.8 Å². The second-order valence-corrected chi connectivity index (χ2v) is 9.27. The maximum Gasteiger partial charge on any atom is 0.387 e. The van der Waals surface area contributed by atoms with Crippen molar-refractivity contribution in [3.05, 3.63) is 93.9 Å². The van der Waals surface area contributed by atoms with E-state index >= 15 is 0 Å². The molecule has 3 N–H and O–H groups in total. The standard InChI is InChI=1S/C27H21F4N5O5/c1-12(37)14-3-4-16-15(7-14)8-21(38)23(16)35-26(40)20-9-19(34-24-18(29)11-33-36(20)24)25(39)32-10-13-2-5-17(28)22(6-13)41-27(30)31/h2-7,9,11,21,23,27,38H,8,10H2,1H3,(H,32,39)(H,35,40)/t21-,23-/m1/s1. The summed E-state index contributed by atoms with van der Waals surface area (Å²) >= 11 is 0. The van der Waals surface area contributed by atoms with Gasteiger partial charge in [-0.05, 0) is 41.8 Å². The molecule has 41 heavy (non-hydrogen) atoms. The molecule has 2 heterocycles. The van der Waals surface area contributed by atoms with Crippen molar-refractivity contribution in [3.63, 3.8) is 0 Å². The minimum atomic E-state index is -3.25. The van der Waals surface area contributed by atoms with Crippen molar-refractivity contribution in [2.24, 2.45) is 0 Å². The smallest absolute Gasteiger partial charge is 0.387 e. The van der Waals surface area contributed by atoms with E-state index in [9.17, 15) is 37.1 Å². The highest BCUT2D eigenvalue weighted by atomic mass is 19.3. The zero-order valence-corrected chi connectivity index (χ0v) is 21.2. The number of fused-ring (bicyclic) bond motifs is 2. The zero-order chi connectivity index (χ0) is 29.4. The maximum atomic E-state index is 14.4. The van der Waals surface area contributed by atoms with Crippen LogP contribution in [-0.4, -0.2) is 50.0 Å². The minimum Gasteiger partial charge on any atom is -0.432 e. The molecule has 2 aromatic carbocycles. The normalized spacial score (nSPS) is 16.1. The molecular formula is C27H21F4N5O5. The Morgan fingerprint density at radius 2 is 1.88 bits per heavy atom. The van der Waals surface area contributed by atoms with Crippen molar-refractivity contribution in [2.45, 2.75) is 38.6 Å². The third-order valence-corrected chi connectivity index (χ3v) is 6.54. The van der Waals surface area contributed by atoms with E-state index < -0.39 is 53.6 Å². The summed E-state index contributed by atoms with van der Waals surface area (Å²) in [6.07, 6.45) is -0.0161. The molecule has 0 radical (unpaired) electrons. The van der Waals surface area contributed by atoms with E-state index in [1.165, 1.54) is 13.0 Å². The number of aliphatic hydroxyl groups is 1. The number of nitrogens with one attached hydrogen (secondary N) is 2. The molecule has 0 aliphatic heterocycles. The molecule has 4 aromatic rings. The van der Waals surface area contributed by atoms with Gasteiger partial charge in [-0.2, -0.15) is 13.9 Å². The van der Waals surface area contributed by atoms with Gasteiger partial charge >= 0.3 is 6.61 Å². The van der Waals surface area contributed by atoms with Crippen LogP contribution in [0, 0.1) is 11.6 Å². The molecule has 212 valence electrons. The van der Waals surface area contributed by atoms with Gasteiger partial charge in [-0.1, -0.05) is 18.2 Å². The third-order valence-electron chi connectivity index (χ3n) is 6.54. The summed E-state index contributed by atoms with van der Waals surface area (Å²) in [5.41, 5.74) is 0.900. The molecule has 1 aliphatic rings. The molecular weight excluding hydrogens is 550 g/mol. The SMILES string of the molecule is CC(=O)c1ccc2c(c1)C[C@@H](O)[C@@H]2NC(=O)c1cc(C(=O)NCc2ccc(F)c(OC(F)F)c2)nc2c(F)cnn12. The third kappa shape index (κ3) is 5.59. The Morgan fingerprint density at radius 1 is 1.10 bits per heavy atom. The van der Waals surface area contributed by atoms with E-state index in [-0.39, 0.29) is 35.7 Å². The number of benzene rings is 2. The number of hydrogen-bond donors (Lipinski definition) is 3. The van der Waals surface area contributed by atoms with Crippen molar-refractivity contribution in [1.82, 2.24) is 25.2 Å². The maximum absolute atomic E-state index is 14.4. The van der Waals surface area contributed by atoms with Gasteiger partial charge in [-0.15, -0.1) is 0 Å². The number of carbonyl (C=O) groups is 3. The minimum absolute atomic E-state index is 0.151. The Balaban J connectivity index is 1.39. The van der Waals surface area contributed by atoms with E-state index in [4.69, 9.17) is 0 Å². The summed E-state index contributed by atoms with van der Waals surface area (Å²) in [6.45, 7) is -2.10. The van der Waals surface area contributed by atoms with Crippen molar-refractivity contribution >= 4 is 23.2 Å². The monoisotopic (exact) mass is 571 g/mol. The van der Waals surface area contributed by atoms with E-state index in [2.05, 4.69) is 25.5 Å². The number of aliphatic hydroxyl groups excluding tert-OH is 1. The van der Waals surface area contributed by atoms with Crippen LogP contribution < -0.4 is 15.4 Å². The Bertz CT molecular complexity index is 1690. The van der Waals surface area contributed by atoms with Gasteiger partial charge in [0, 0.05) is 24.6 Å². The summed E-state index contributed by atoms with van der Waals surface area (Å²) in [5.74, 6) is -4.44. The second kappa shape index (κ2) is 11.0. The van der Waals surface area contributed by atoms with Crippen molar-refractivity contribution in [1.29, 1.82) is 0 Å². The van der Waals surface area contributed by atoms with Gasteiger partial charge in [-0.3, -0.25) is 14.4 Å². The average Bonchev–Trinajstić information content (AvgIpc) is 3.46. The number of amides is 2.